The van der Waals surface area contributed by atoms with Crippen LogP contribution < -0.4 is 9.47 Å². The molecule has 0 N–H and O–H groups in total. The van der Waals surface area contributed by atoms with Crippen LogP contribution in [0.3, 0.4) is 0 Å². The number of hydrogen-bond acceptors (Lipinski definition) is 6. The van der Waals surface area contributed by atoms with Crippen molar-refractivity contribution in [3.05, 3.63) is 53.1 Å². The zero-order chi connectivity index (χ0) is 19.0. The van der Waals surface area contributed by atoms with Gasteiger partial charge in [-0.1, -0.05) is 0 Å². The van der Waals surface area contributed by atoms with Gasteiger partial charge in [0, 0.05) is 19.1 Å². The van der Waals surface area contributed by atoms with Crippen molar-refractivity contribution < 1.29 is 18.3 Å². The first-order valence-electron chi connectivity index (χ1n) is 9.09. The van der Waals surface area contributed by atoms with Crippen LogP contribution in [0.5, 0.6) is 11.5 Å². The quantitative estimate of drug-likeness (QED) is 0.666. The second-order valence-electron chi connectivity index (χ2n) is 6.80. The van der Waals surface area contributed by atoms with E-state index < -0.39 is 0 Å². The second-order valence-corrected chi connectivity index (χ2v) is 6.80. The zero-order valence-corrected chi connectivity index (χ0v) is 16.1. The molecular formula is C21H24N2O4. The van der Waals surface area contributed by atoms with Gasteiger partial charge < -0.3 is 18.3 Å². The number of aryl methyl sites for hydroxylation is 1. The van der Waals surface area contributed by atoms with Gasteiger partial charge in [-0.05, 0) is 55.7 Å². The van der Waals surface area contributed by atoms with E-state index in [1.54, 1.807) is 20.5 Å². The predicted molar refractivity (Wildman–Crippen MR) is 101 cm³/mol. The molecule has 0 bridgehead atoms. The summed E-state index contributed by atoms with van der Waals surface area (Å²) in [5, 5.41) is 0. The Kier molecular flexibility index (Phi) is 4.66. The normalized spacial score (nSPS) is 17.0. The number of benzene rings is 1. The summed E-state index contributed by atoms with van der Waals surface area (Å²) in [6.07, 6.45) is 2.59. The van der Waals surface area contributed by atoms with E-state index in [1.165, 1.54) is 11.1 Å². The summed E-state index contributed by atoms with van der Waals surface area (Å²) < 4.78 is 22.1. The van der Waals surface area contributed by atoms with Crippen LogP contribution in [0.4, 0.5) is 0 Å². The monoisotopic (exact) mass is 368 g/mol. The Morgan fingerprint density at radius 3 is 2.70 bits per heavy atom. The molecule has 3 heterocycles. The van der Waals surface area contributed by atoms with E-state index in [0.717, 1.165) is 42.5 Å². The highest BCUT2D eigenvalue weighted by atomic mass is 16.5. The number of furan rings is 1. The molecule has 4 rings (SSSR count). The number of aromatic nitrogens is 1. The molecule has 0 aliphatic carbocycles. The van der Waals surface area contributed by atoms with Crippen molar-refractivity contribution >= 4 is 0 Å². The number of methoxy groups -OCH3 is 2. The SMILES string of the molecule is COc1cc2c(cc1OC)C(C)N(Cc1nc(-c3ccco3)oc1C)CC2. The molecule has 0 spiro atoms. The van der Waals surface area contributed by atoms with Crippen molar-refractivity contribution in [3.63, 3.8) is 0 Å². The zero-order valence-electron chi connectivity index (χ0n) is 16.1. The highest BCUT2D eigenvalue weighted by Gasteiger charge is 2.27. The smallest absolute Gasteiger partial charge is 0.263 e. The minimum absolute atomic E-state index is 0.247. The van der Waals surface area contributed by atoms with Gasteiger partial charge in [-0.15, -0.1) is 0 Å². The van der Waals surface area contributed by atoms with Crippen LogP contribution in [0.25, 0.3) is 11.7 Å². The highest BCUT2D eigenvalue weighted by Crippen LogP contribution is 2.38. The topological polar surface area (TPSA) is 60.9 Å². The van der Waals surface area contributed by atoms with Crippen molar-refractivity contribution in [2.45, 2.75) is 32.9 Å². The molecule has 1 aliphatic rings. The van der Waals surface area contributed by atoms with E-state index in [-0.39, 0.29) is 6.04 Å². The fraction of sp³-hybridized carbons (Fsp3) is 0.381. The van der Waals surface area contributed by atoms with E-state index in [4.69, 9.17) is 18.3 Å². The van der Waals surface area contributed by atoms with E-state index in [1.807, 2.05) is 19.1 Å². The maximum Gasteiger partial charge on any atom is 0.263 e. The van der Waals surface area contributed by atoms with Crippen molar-refractivity contribution in [2.24, 2.45) is 0 Å². The maximum atomic E-state index is 5.80. The number of oxazole rings is 1. The Labute approximate surface area is 158 Å². The summed E-state index contributed by atoms with van der Waals surface area (Å²) in [6.45, 7) is 5.84. The number of hydrogen-bond donors (Lipinski definition) is 0. The lowest BCUT2D eigenvalue weighted by Crippen LogP contribution is -2.33. The molecular weight excluding hydrogens is 344 g/mol. The van der Waals surface area contributed by atoms with Crippen LogP contribution >= 0.6 is 0 Å². The van der Waals surface area contributed by atoms with Crippen LogP contribution in [0.2, 0.25) is 0 Å². The molecule has 2 aromatic heterocycles. The van der Waals surface area contributed by atoms with Crippen molar-refractivity contribution in [1.82, 2.24) is 9.88 Å². The van der Waals surface area contributed by atoms with Crippen LogP contribution in [0, 0.1) is 6.92 Å². The minimum atomic E-state index is 0.247. The Bertz CT molecular complexity index is 930. The first-order valence-corrected chi connectivity index (χ1v) is 9.09. The molecule has 0 fully saturated rings. The number of fused-ring (bicyclic) bond motifs is 1. The summed E-state index contributed by atoms with van der Waals surface area (Å²) in [7, 11) is 3.34. The van der Waals surface area contributed by atoms with Crippen LogP contribution in [0.1, 0.15) is 35.5 Å². The number of ether oxygens (including phenoxy) is 2. The molecule has 0 saturated carbocycles. The van der Waals surface area contributed by atoms with Crippen LogP contribution in [0.15, 0.2) is 39.4 Å². The van der Waals surface area contributed by atoms with Gasteiger partial charge in [-0.3, -0.25) is 4.90 Å². The maximum absolute atomic E-state index is 5.80. The third-order valence-corrected chi connectivity index (χ3v) is 5.29. The third kappa shape index (κ3) is 3.21. The summed E-state index contributed by atoms with van der Waals surface area (Å²) >= 11 is 0. The average molecular weight is 368 g/mol. The van der Waals surface area contributed by atoms with E-state index >= 15 is 0 Å². The van der Waals surface area contributed by atoms with E-state index in [0.29, 0.717) is 11.7 Å². The fourth-order valence-corrected chi connectivity index (χ4v) is 3.69. The molecule has 0 radical (unpaired) electrons. The molecule has 3 aromatic rings. The van der Waals surface area contributed by atoms with E-state index in [2.05, 4.69) is 28.9 Å². The largest absolute Gasteiger partial charge is 0.493 e. The standard InChI is InChI=1S/C21H24N2O4/c1-13-16-11-20(25-4)19(24-3)10-15(16)7-8-23(13)12-17-14(2)27-21(22-17)18-6-5-9-26-18/h5-6,9-11,13H,7-8,12H2,1-4H3. The Hall–Kier alpha value is -2.73. The first kappa shape index (κ1) is 17.7. The first-order chi connectivity index (χ1) is 13.1. The van der Waals surface area contributed by atoms with Gasteiger partial charge in [0.05, 0.1) is 26.2 Å². The summed E-state index contributed by atoms with van der Waals surface area (Å²) in [5.41, 5.74) is 3.52. The van der Waals surface area contributed by atoms with Crippen LogP contribution in [-0.4, -0.2) is 30.6 Å². The van der Waals surface area contributed by atoms with E-state index in [9.17, 15) is 0 Å². The van der Waals surface area contributed by atoms with Gasteiger partial charge in [0.2, 0.25) is 0 Å². The third-order valence-electron chi connectivity index (χ3n) is 5.29. The summed E-state index contributed by atoms with van der Waals surface area (Å²) in [5.74, 6) is 3.56. The summed E-state index contributed by atoms with van der Waals surface area (Å²) in [6, 6.07) is 8.12. The van der Waals surface area contributed by atoms with Crippen LogP contribution in [-0.2, 0) is 13.0 Å². The lowest BCUT2D eigenvalue weighted by Gasteiger charge is -2.35. The van der Waals surface area contributed by atoms with Gasteiger partial charge in [0.15, 0.2) is 17.3 Å². The van der Waals surface area contributed by atoms with Crippen molar-refractivity contribution in [1.29, 1.82) is 0 Å². The second kappa shape index (κ2) is 7.12. The Morgan fingerprint density at radius 2 is 2.00 bits per heavy atom. The lowest BCUT2D eigenvalue weighted by molar-refractivity contribution is 0.186. The minimum Gasteiger partial charge on any atom is -0.493 e. The van der Waals surface area contributed by atoms with Gasteiger partial charge in [0.25, 0.3) is 5.89 Å². The average Bonchev–Trinajstić information content (AvgIpc) is 3.33. The number of rotatable bonds is 5. The predicted octanol–water partition coefficient (Wildman–Crippen LogP) is 4.38. The highest BCUT2D eigenvalue weighted by molar-refractivity contribution is 5.49. The van der Waals surface area contributed by atoms with Crippen molar-refractivity contribution in [2.75, 3.05) is 20.8 Å². The molecule has 0 saturated heterocycles. The fourth-order valence-electron chi connectivity index (χ4n) is 3.69. The van der Waals surface area contributed by atoms with Gasteiger partial charge in [-0.2, -0.15) is 0 Å². The molecule has 1 unspecified atom stereocenters. The lowest BCUT2D eigenvalue weighted by atomic mass is 9.92. The molecule has 6 nitrogen and oxygen atoms in total. The van der Waals surface area contributed by atoms with Gasteiger partial charge in [0.1, 0.15) is 5.76 Å². The molecule has 6 heteroatoms. The summed E-state index contributed by atoms with van der Waals surface area (Å²) in [4.78, 5) is 7.06. The molecule has 0 amide bonds. The molecule has 1 aromatic carbocycles. The Morgan fingerprint density at radius 1 is 1.22 bits per heavy atom. The molecule has 1 aliphatic heterocycles. The molecule has 142 valence electrons. The van der Waals surface area contributed by atoms with Gasteiger partial charge >= 0.3 is 0 Å². The van der Waals surface area contributed by atoms with Crippen molar-refractivity contribution in [3.8, 4) is 23.1 Å². The van der Waals surface area contributed by atoms with Gasteiger partial charge in [-0.25, -0.2) is 4.98 Å². The Balaban J connectivity index is 1.58. The molecule has 27 heavy (non-hydrogen) atoms. The molecule has 1 atom stereocenters. The number of nitrogens with zero attached hydrogens (tertiary/aromatic N) is 2.